The van der Waals surface area contributed by atoms with Crippen LogP contribution < -0.4 is 5.32 Å². The van der Waals surface area contributed by atoms with E-state index in [1.54, 1.807) is 18.3 Å². The lowest BCUT2D eigenvalue weighted by atomic mass is 10.1. The number of nitrogens with one attached hydrogen (secondary N) is 1. The van der Waals surface area contributed by atoms with Crippen molar-refractivity contribution in [3.63, 3.8) is 0 Å². The summed E-state index contributed by atoms with van der Waals surface area (Å²) in [5, 5.41) is 14.9. The van der Waals surface area contributed by atoms with Gasteiger partial charge in [0.25, 0.3) is 5.69 Å². The van der Waals surface area contributed by atoms with Crippen molar-refractivity contribution >= 4 is 22.3 Å². The fourth-order valence-electron chi connectivity index (χ4n) is 1.71. The monoisotopic (exact) mass is 243 g/mol. The fourth-order valence-corrected chi connectivity index (χ4v) is 1.71. The van der Waals surface area contributed by atoms with Crippen molar-refractivity contribution in [3.8, 4) is 0 Å². The number of pyridine rings is 1. The Bertz CT molecular complexity index is 623. The second-order valence-corrected chi connectivity index (χ2v) is 4.10. The number of anilines is 1. The molecule has 0 spiro atoms. The number of fused-ring (bicyclic) bond motifs is 1. The van der Waals surface area contributed by atoms with Crippen LogP contribution in [0.15, 0.2) is 42.6 Å². The van der Waals surface area contributed by atoms with Gasteiger partial charge in [-0.15, -0.1) is 0 Å². The number of nitro benzene ring substituents is 1. The van der Waals surface area contributed by atoms with Crippen LogP contribution >= 0.6 is 0 Å². The summed E-state index contributed by atoms with van der Waals surface area (Å²) in [6.07, 6.45) is 1.57. The smallest absolute Gasteiger partial charge is 0.295 e. The second kappa shape index (κ2) is 4.83. The van der Waals surface area contributed by atoms with Crippen LogP contribution in [0.25, 0.3) is 10.9 Å². The average molecular weight is 243 g/mol. The molecule has 0 atom stereocenters. The van der Waals surface area contributed by atoms with Crippen LogP contribution in [0.5, 0.6) is 0 Å². The van der Waals surface area contributed by atoms with E-state index in [4.69, 9.17) is 0 Å². The van der Waals surface area contributed by atoms with Gasteiger partial charge in [-0.25, -0.2) is 4.98 Å². The normalized spacial score (nSPS) is 10.3. The zero-order valence-electron chi connectivity index (χ0n) is 10.0. The molecule has 0 fully saturated rings. The van der Waals surface area contributed by atoms with E-state index in [9.17, 15) is 10.1 Å². The Kier molecular flexibility index (Phi) is 3.23. The van der Waals surface area contributed by atoms with Gasteiger partial charge in [0.1, 0.15) is 5.52 Å². The number of aromatic nitrogens is 1. The van der Waals surface area contributed by atoms with Gasteiger partial charge in [0.05, 0.1) is 4.92 Å². The maximum absolute atomic E-state index is 10.9. The molecule has 0 unspecified atom stereocenters. The molecule has 0 saturated heterocycles. The van der Waals surface area contributed by atoms with Crippen molar-refractivity contribution in [2.45, 2.75) is 6.92 Å². The molecule has 0 bridgehead atoms. The van der Waals surface area contributed by atoms with Gasteiger partial charge in [-0.2, -0.15) is 0 Å². The summed E-state index contributed by atoms with van der Waals surface area (Å²) < 4.78 is 0. The lowest BCUT2D eigenvalue weighted by Crippen LogP contribution is -2.03. The molecular formula is C13H13N3O2. The largest absolute Gasteiger partial charge is 0.381 e. The molecule has 1 heterocycles. The van der Waals surface area contributed by atoms with Gasteiger partial charge in [-0.1, -0.05) is 24.3 Å². The lowest BCUT2D eigenvalue weighted by Gasteiger charge is -2.09. The summed E-state index contributed by atoms with van der Waals surface area (Å²) in [5.41, 5.74) is 2.23. The van der Waals surface area contributed by atoms with E-state index >= 15 is 0 Å². The Hall–Kier alpha value is -2.43. The highest BCUT2D eigenvalue weighted by Gasteiger charge is 2.13. The van der Waals surface area contributed by atoms with E-state index in [-0.39, 0.29) is 5.69 Å². The molecule has 1 aromatic heterocycles. The minimum absolute atomic E-state index is 0.0199. The van der Waals surface area contributed by atoms with E-state index < -0.39 is 4.92 Å². The van der Waals surface area contributed by atoms with Crippen molar-refractivity contribution in [2.75, 3.05) is 11.9 Å². The first-order valence-electron chi connectivity index (χ1n) is 5.50. The predicted octanol–water partition coefficient (Wildman–Crippen LogP) is 3.13. The molecule has 0 aliphatic carbocycles. The topological polar surface area (TPSA) is 68.1 Å². The third-order valence-electron chi connectivity index (χ3n) is 2.53. The second-order valence-electron chi connectivity index (χ2n) is 4.10. The van der Waals surface area contributed by atoms with Crippen LogP contribution in [0.3, 0.4) is 0 Å². The van der Waals surface area contributed by atoms with Crippen molar-refractivity contribution in [1.29, 1.82) is 0 Å². The number of para-hydroxylation sites is 1. The van der Waals surface area contributed by atoms with Gasteiger partial charge < -0.3 is 5.32 Å². The summed E-state index contributed by atoms with van der Waals surface area (Å²) in [5.74, 6) is 0. The number of rotatable bonds is 4. The van der Waals surface area contributed by atoms with Gasteiger partial charge in [0.15, 0.2) is 0 Å². The average Bonchev–Trinajstić information content (AvgIpc) is 2.35. The molecule has 0 saturated carbocycles. The van der Waals surface area contributed by atoms with Crippen molar-refractivity contribution in [2.24, 2.45) is 0 Å². The number of nitro groups is 1. The van der Waals surface area contributed by atoms with E-state index in [2.05, 4.69) is 16.9 Å². The third kappa shape index (κ3) is 2.29. The van der Waals surface area contributed by atoms with Gasteiger partial charge in [-0.05, 0) is 13.0 Å². The zero-order chi connectivity index (χ0) is 13.1. The molecule has 5 heteroatoms. The zero-order valence-corrected chi connectivity index (χ0v) is 10.0. The van der Waals surface area contributed by atoms with Crippen molar-refractivity contribution in [1.82, 2.24) is 4.98 Å². The first-order chi connectivity index (χ1) is 8.59. The molecule has 0 aliphatic heterocycles. The summed E-state index contributed by atoms with van der Waals surface area (Å²) in [7, 11) is 0. The van der Waals surface area contributed by atoms with Crippen molar-refractivity contribution in [3.05, 3.63) is 52.7 Å². The Morgan fingerprint density at radius 1 is 1.50 bits per heavy atom. The maximum atomic E-state index is 10.9. The molecule has 1 aromatic carbocycles. The summed E-state index contributed by atoms with van der Waals surface area (Å²) in [4.78, 5) is 14.6. The molecule has 0 radical (unpaired) electrons. The molecule has 0 amide bonds. The Morgan fingerprint density at radius 3 is 2.94 bits per heavy atom. The fraction of sp³-hybridized carbons (Fsp3) is 0.154. The van der Waals surface area contributed by atoms with E-state index in [0.29, 0.717) is 12.1 Å². The maximum Gasteiger partial charge on any atom is 0.295 e. The van der Waals surface area contributed by atoms with Crippen LogP contribution in [-0.2, 0) is 0 Å². The SMILES string of the molecule is C=C(C)CNc1ccnc2c([N+](=O)[O-])cccc12. The first-order valence-corrected chi connectivity index (χ1v) is 5.50. The van der Waals surface area contributed by atoms with Crippen LogP contribution in [-0.4, -0.2) is 16.5 Å². The highest BCUT2D eigenvalue weighted by atomic mass is 16.6. The quantitative estimate of drug-likeness (QED) is 0.509. The van der Waals surface area contributed by atoms with E-state index in [1.807, 2.05) is 13.0 Å². The van der Waals surface area contributed by atoms with Crippen molar-refractivity contribution < 1.29 is 4.92 Å². The number of benzene rings is 1. The highest BCUT2D eigenvalue weighted by molar-refractivity contribution is 5.96. The van der Waals surface area contributed by atoms with Gasteiger partial charge in [0.2, 0.25) is 0 Å². The van der Waals surface area contributed by atoms with E-state index in [1.165, 1.54) is 6.07 Å². The molecule has 1 N–H and O–H groups in total. The standard InChI is InChI=1S/C13H13N3O2/c1-9(2)8-15-11-6-7-14-13-10(11)4-3-5-12(13)16(17)18/h3-7H,1,8H2,2H3,(H,14,15). The van der Waals surface area contributed by atoms with Crippen LogP contribution in [0.2, 0.25) is 0 Å². The highest BCUT2D eigenvalue weighted by Crippen LogP contribution is 2.28. The van der Waals surface area contributed by atoms with Gasteiger partial charge >= 0.3 is 0 Å². The molecular weight excluding hydrogens is 230 g/mol. The Labute approximate surface area is 104 Å². The summed E-state index contributed by atoms with van der Waals surface area (Å²) in [6.45, 7) is 6.35. The number of hydrogen-bond acceptors (Lipinski definition) is 4. The molecule has 2 aromatic rings. The first kappa shape index (κ1) is 12.0. The molecule has 92 valence electrons. The molecule has 2 rings (SSSR count). The van der Waals surface area contributed by atoms with Gasteiger partial charge in [0, 0.05) is 29.9 Å². The molecule has 0 aliphatic rings. The Morgan fingerprint density at radius 2 is 2.28 bits per heavy atom. The Balaban J connectivity index is 2.53. The number of nitrogens with zero attached hydrogens (tertiary/aromatic N) is 2. The summed E-state index contributed by atoms with van der Waals surface area (Å²) in [6, 6.07) is 6.73. The predicted molar refractivity (Wildman–Crippen MR) is 71.7 cm³/mol. The minimum atomic E-state index is -0.419. The summed E-state index contributed by atoms with van der Waals surface area (Å²) >= 11 is 0. The minimum Gasteiger partial charge on any atom is -0.381 e. The van der Waals surface area contributed by atoms with E-state index in [0.717, 1.165) is 16.6 Å². The third-order valence-corrected chi connectivity index (χ3v) is 2.53. The van der Waals surface area contributed by atoms with Crippen LogP contribution in [0.4, 0.5) is 11.4 Å². The lowest BCUT2D eigenvalue weighted by molar-refractivity contribution is -0.383. The van der Waals surface area contributed by atoms with Crippen LogP contribution in [0.1, 0.15) is 6.92 Å². The molecule has 18 heavy (non-hydrogen) atoms. The van der Waals surface area contributed by atoms with Crippen LogP contribution in [0, 0.1) is 10.1 Å². The molecule has 5 nitrogen and oxygen atoms in total. The number of non-ortho nitro benzene ring substituents is 1. The number of hydrogen-bond donors (Lipinski definition) is 1. The van der Waals surface area contributed by atoms with Gasteiger partial charge in [-0.3, -0.25) is 10.1 Å².